The second-order valence-corrected chi connectivity index (χ2v) is 6.49. The second kappa shape index (κ2) is 7.45. The standard InChI is InChI=1S/C21H21N5O/c1-15-7-9-16(10-8-15)14-27-20-12-11-17-5-3-4-6-18(17)19(20)13-22-21-23-25-26(2)24-21/h3-12H,13-14H2,1-2H3,(H,22,24). The van der Waals surface area contributed by atoms with Gasteiger partial charge in [0.1, 0.15) is 12.4 Å². The third-order valence-corrected chi connectivity index (χ3v) is 4.44. The van der Waals surface area contributed by atoms with E-state index >= 15 is 0 Å². The zero-order valence-electron chi connectivity index (χ0n) is 15.4. The van der Waals surface area contributed by atoms with Gasteiger partial charge in [0.25, 0.3) is 5.95 Å². The molecule has 0 aliphatic carbocycles. The fourth-order valence-corrected chi connectivity index (χ4v) is 3.00. The van der Waals surface area contributed by atoms with Gasteiger partial charge in [-0.2, -0.15) is 4.80 Å². The lowest BCUT2D eigenvalue weighted by Gasteiger charge is -2.15. The van der Waals surface area contributed by atoms with Crippen molar-refractivity contribution in [2.45, 2.75) is 20.1 Å². The smallest absolute Gasteiger partial charge is 0.263 e. The van der Waals surface area contributed by atoms with Gasteiger partial charge in [-0.1, -0.05) is 65.3 Å². The fourth-order valence-electron chi connectivity index (χ4n) is 3.00. The van der Waals surface area contributed by atoms with E-state index < -0.39 is 0 Å². The molecule has 27 heavy (non-hydrogen) atoms. The highest BCUT2D eigenvalue weighted by atomic mass is 16.5. The van der Waals surface area contributed by atoms with Crippen LogP contribution in [0.1, 0.15) is 16.7 Å². The molecule has 1 aromatic heterocycles. The Hall–Kier alpha value is -3.41. The Morgan fingerprint density at radius 3 is 2.59 bits per heavy atom. The number of fused-ring (bicyclic) bond motifs is 1. The van der Waals surface area contributed by atoms with Gasteiger partial charge >= 0.3 is 0 Å². The van der Waals surface area contributed by atoms with E-state index in [0.29, 0.717) is 19.1 Å². The molecule has 0 atom stereocenters. The van der Waals surface area contributed by atoms with Crippen molar-refractivity contribution in [2.75, 3.05) is 5.32 Å². The number of benzene rings is 3. The molecule has 0 bridgehead atoms. The average molecular weight is 359 g/mol. The first-order valence-electron chi connectivity index (χ1n) is 8.86. The Bertz CT molecular complexity index is 1060. The molecule has 136 valence electrons. The van der Waals surface area contributed by atoms with Crippen LogP contribution >= 0.6 is 0 Å². The quantitative estimate of drug-likeness (QED) is 0.566. The van der Waals surface area contributed by atoms with Crippen molar-refractivity contribution in [1.29, 1.82) is 0 Å². The molecule has 0 fully saturated rings. The zero-order valence-corrected chi connectivity index (χ0v) is 15.4. The summed E-state index contributed by atoms with van der Waals surface area (Å²) in [6.07, 6.45) is 0. The fraction of sp³-hybridized carbons (Fsp3) is 0.190. The van der Waals surface area contributed by atoms with Crippen LogP contribution in [-0.2, 0) is 20.2 Å². The van der Waals surface area contributed by atoms with Crippen molar-refractivity contribution in [3.63, 3.8) is 0 Å². The van der Waals surface area contributed by atoms with Crippen LogP contribution in [0.4, 0.5) is 5.95 Å². The summed E-state index contributed by atoms with van der Waals surface area (Å²) < 4.78 is 6.16. The van der Waals surface area contributed by atoms with Crippen molar-refractivity contribution in [3.05, 3.63) is 77.4 Å². The minimum atomic E-state index is 0.495. The number of nitrogens with zero attached hydrogens (tertiary/aromatic N) is 4. The summed E-state index contributed by atoms with van der Waals surface area (Å²) in [5.74, 6) is 1.35. The molecule has 6 nitrogen and oxygen atoms in total. The van der Waals surface area contributed by atoms with E-state index in [1.165, 1.54) is 15.7 Å². The molecule has 3 aromatic carbocycles. The first-order chi connectivity index (χ1) is 13.2. The van der Waals surface area contributed by atoms with E-state index in [9.17, 15) is 0 Å². The number of hydrogen-bond acceptors (Lipinski definition) is 5. The van der Waals surface area contributed by atoms with Crippen LogP contribution in [0.15, 0.2) is 60.7 Å². The van der Waals surface area contributed by atoms with Gasteiger partial charge in [-0.25, -0.2) is 0 Å². The molecule has 1 heterocycles. The molecule has 0 amide bonds. The number of ether oxygens (including phenoxy) is 1. The highest BCUT2D eigenvalue weighted by molar-refractivity contribution is 5.88. The number of rotatable bonds is 6. The number of aryl methyl sites for hydroxylation is 2. The number of tetrazole rings is 1. The third-order valence-electron chi connectivity index (χ3n) is 4.44. The van der Waals surface area contributed by atoms with E-state index in [1.54, 1.807) is 7.05 Å². The maximum atomic E-state index is 6.16. The number of anilines is 1. The Labute approximate surface area is 157 Å². The number of hydrogen-bond donors (Lipinski definition) is 1. The third kappa shape index (κ3) is 3.89. The Morgan fingerprint density at radius 1 is 1.00 bits per heavy atom. The van der Waals surface area contributed by atoms with Gasteiger partial charge in [-0.3, -0.25) is 0 Å². The van der Waals surface area contributed by atoms with Crippen molar-refractivity contribution in [3.8, 4) is 5.75 Å². The lowest BCUT2D eigenvalue weighted by Crippen LogP contribution is -2.06. The Morgan fingerprint density at radius 2 is 1.81 bits per heavy atom. The van der Waals surface area contributed by atoms with Crippen LogP contribution in [-0.4, -0.2) is 20.2 Å². The molecule has 0 radical (unpaired) electrons. The molecule has 0 aliphatic rings. The summed E-state index contributed by atoms with van der Waals surface area (Å²) in [7, 11) is 1.74. The molecule has 0 spiro atoms. The molecular weight excluding hydrogens is 338 g/mol. The molecular formula is C21H21N5O. The summed E-state index contributed by atoms with van der Waals surface area (Å²) in [6.45, 7) is 3.16. The molecule has 1 N–H and O–H groups in total. The van der Waals surface area contributed by atoms with Crippen LogP contribution in [0.3, 0.4) is 0 Å². The van der Waals surface area contributed by atoms with E-state index in [1.807, 2.05) is 18.2 Å². The van der Waals surface area contributed by atoms with Crippen molar-refractivity contribution < 1.29 is 4.74 Å². The molecule has 4 aromatic rings. The van der Waals surface area contributed by atoms with Gasteiger partial charge in [0.05, 0.1) is 7.05 Å². The summed E-state index contributed by atoms with van der Waals surface area (Å²) in [5, 5.41) is 17.6. The maximum Gasteiger partial charge on any atom is 0.263 e. The van der Waals surface area contributed by atoms with E-state index in [-0.39, 0.29) is 0 Å². The second-order valence-electron chi connectivity index (χ2n) is 6.49. The maximum absolute atomic E-state index is 6.16. The van der Waals surface area contributed by atoms with Crippen molar-refractivity contribution in [2.24, 2.45) is 7.05 Å². The summed E-state index contributed by atoms with van der Waals surface area (Å²) in [4.78, 5) is 1.43. The molecule has 0 unspecified atom stereocenters. The summed E-state index contributed by atoms with van der Waals surface area (Å²) >= 11 is 0. The Balaban J connectivity index is 1.61. The van der Waals surface area contributed by atoms with Crippen LogP contribution in [0, 0.1) is 6.92 Å². The molecule has 0 aliphatic heterocycles. The number of nitrogens with one attached hydrogen (secondary N) is 1. The predicted octanol–water partition coefficient (Wildman–Crippen LogP) is 3.86. The normalized spacial score (nSPS) is 10.9. The minimum Gasteiger partial charge on any atom is -0.489 e. The lowest BCUT2D eigenvalue weighted by atomic mass is 10.0. The highest BCUT2D eigenvalue weighted by Gasteiger charge is 2.10. The average Bonchev–Trinajstić information content (AvgIpc) is 3.11. The van der Waals surface area contributed by atoms with Crippen molar-refractivity contribution >= 4 is 16.7 Å². The van der Waals surface area contributed by atoms with Crippen LogP contribution in [0.25, 0.3) is 10.8 Å². The largest absolute Gasteiger partial charge is 0.489 e. The van der Waals surface area contributed by atoms with Gasteiger partial charge in [0.2, 0.25) is 0 Å². The number of aromatic nitrogens is 4. The topological polar surface area (TPSA) is 64.9 Å². The predicted molar refractivity (Wildman–Crippen MR) is 106 cm³/mol. The first-order valence-corrected chi connectivity index (χ1v) is 8.86. The van der Waals surface area contributed by atoms with Crippen molar-refractivity contribution in [1.82, 2.24) is 20.2 Å². The monoisotopic (exact) mass is 359 g/mol. The van der Waals surface area contributed by atoms with Crippen LogP contribution < -0.4 is 10.1 Å². The van der Waals surface area contributed by atoms with Gasteiger partial charge in [0, 0.05) is 12.1 Å². The Kier molecular flexibility index (Phi) is 4.70. The molecule has 6 heteroatoms. The first kappa shape index (κ1) is 17.0. The lowest BCUT2D eigenvalue weighted by molar-refractivity contribution is 0.304. The van der Waals surface area contributed by atoms with E-state index in [2.05, 4.69) is 70.1 Å². The summed E-state index contributed by atoms with van der Waals surface area (Å²) in [5.41, 5.74) is 3.46. The SMILES string of the molecule is Cc1ccc(COc2ccc3ccccc3c2CNc2nnn(C)n2)cc1. The molecule has 0 saturated carbocycles. The highest BCUT2D eigenvalue weighted by Crippen LogP contribution is 2.29. The summed E-state index contributed by atoms with van der Waals surface area (Å²) in [6, 6.07) is 20.8. The van der Waals surface area contributed by atoms with Gasteiger partial charge in [-0.05, 0) is 34.5 Å². The van der Waals surface area contributed by atoms with Gasteiger partial charge in [0.15, 0.2) is 0 Å². The van der Waals surface area contributed by atoms with Gasteiger partial charge < -0.3 is 10.1 Å². The van der Waals surface area contributed by atoms with E-state index in [4.69, 9.17) is 4.74 Å². The van der Waals surface area contributed by atoms with Crippen LogP contribution in [0.2, 0.25) is 0 Å². The van der Waals surface area contributed by atoms with Gasteiger partial charge in [-0.15, -0.1) is 5.10 Å². The molecule has 4 rings (SSSR count). The zero-order chi connectivity index (χ0) is 18.6. The minimum absolute atomic E-state index is 0.495. The van der Waals surface area contributed by atoms with E-state index in [0.717, 1.165) is 22.3 Å². The molecule has 0 saturated heterocycles. The van der Waals surface area contributed by atoms with Crippen LogP contribution in [0.5, 0.6) is 5.75 Å².